The Morgan fingerprint density at radius 3 is 3.08 bits per heavy atom. The van der Waals surface area contributed by atoms with Gasteiger partial charge in [-0.2, -0.15) is 0 Å². The summed E-state index contributed by atoms with van der Waals surface area (Å²) in [6, 6.07) is 0.328. The van der Waals surface area contributed by atoms with Gasteiger partial charge in [-0.15, -0.1) is 0 Å². The second-order valence-corrected chi connectivity index (χ2v) is 3.05. The molecular weight excluding hydrogens is 150 g/mol. The van der Waals surface area contributed by atoms with Gasteiger partial charge in [-0.1, -0.05) is 12.8 Å². The van der Waals surface area contributed by atoms with Crippen molar-refractivity contribution in [1.29, 1.82) is 0 Å². The molecule has 0 aromatic rings. The van der Waals surface area contributed by atoms with Crippen LogP contribution in [-0.2, 0) is 4.79 Å². The molecule has 0 amide bonds. The van der Waals surface area contributed by atoms with E-state index < -0.39 is 0 Å². The molecule has 0 spiro atoms. The molecular formula is C10H15NO. The van der Waals surface area contributed by atoms with Crippen LogP contribution < -0.4 is 0 Å². The lowest BCUT2D eigenvalue weighted by Gasteiger charge is -2.31. The Morgan fingerprint density at radius 2 is 2.42 bits per heavy atom. The molecule has 1 aliphatic rings. The maximum atomic E-state index is 10.1. The Morgan fingerprint density at radius 1 is 1.58 bits per heavy atom. The van der Waals surface area contributed by atoms with Gasteiger partial charge >= 0.3 is 0 Å². The molecule has 0 aromatic heterocycles. The van der Waals surface area contributed by atoms with Crippen LogP contribution >= 0.6 is 0 Å². The monoisotopic (exact) mass is 165 g/mol. The van der Waals surface area contributed by atoms with Crippen LogP contribution in [0.2, 0.25) is 0 Å². The standard InChI is InChI=1S/C10H15NO/c1-2-11-8-4-3-6-10(11)7-5-9-12/h9-10H,2-4,6,8H2,1H3. The lowest BCUT2D eigenvalue weighted by atomic mass is 10.0. The van der Waals surface area contributed by atoms with Crippen molar-refractivity contribution in [1.82, 2.24) is 4.90 Å². The summed E-state index contributed by atoms with van der Waals surface area (Å²) in [6.45, 7) is 4.31. The minimum Gasteiger partial charge on any atom is -0.290 e. The fourth-order valence-electron chi connectivity index (χ4n) is 1.66. The van der Waals surface area contributed by atoms with E-state index in [1.807, 2.05) is 0 Å². The van der Waals surface area contributed by atoms with Crippen molar-refractivity contribution < 1.29 is 4.79 Å². The van der Waals surface area contributed by atoms with Gasteiger partial charge in [0.15, 0.2) is 6.29 Å². The lowest BCUT2D eigenvalue weighted by Crippen LogP contribution is -2.38. The molecule has 0 bridgehead atoms. The minimum absolute atomic E-state index is 0.328. The van der Waals surface area contributed by atoms with E-state index in [9.17, 15) is 4.79 Å². The first-order chi connectivity index (χ1) is 5.88. The average molecular weight is 165 g/mol. The molecule has 2 nitrogen and oxygen atoms in total. The van der Waals surface area contributed by atoms with Gasteiger partial charge in [-0.3, -0.25) is 9.69 Å². The molecule has 1 fully saturated rings. The SMILES string of the molecule is CCN1CCCCC1C#CC=O. The molecule has 66 valence electrons. The summed E-state index contributed by atoms with van der Waals surface area (Å²) in [4.78, 5) is 12.4. The number of hydrogen-bond donors (Lipinski definition) is 0. The molecule has 12 heavy (non-hydrogen) atoms. The van der Waals surface area contributed by atoms with Crippen LogP contribution in [0.4, 0.5) is 0 Å². The molecule has 0 radical (unpaired) electrons. The quantitative estimate of drug-likeness (QED) is 0.428. The highest BCUT2D eigenvalue weighted by Crippen LogP contribution is 2.15. The lowest BCUT2D eigenvalue weighted by molar-refractivity contribution is -0.103. The van der Waals surface area contributed by atoms with Crippen molar-refractivity contribution >= 4 is 6.29 Å². The van der Waals surface area contributed by atoms with Crippen LogP contribution in [0.1, 0.15) is 26.2 Å². The van der Waals surface area contributed by atoms with Crippen LogP contribution in [0.3, 0.4) is 0 Å². The van der Waals surface area contributed by atoms with E-state index in [0.29, 0.717) is 12.3 Å². The first-order valence-electron chi connectivity index (χ1n) is 4.57. The third-order valence-corrected chi connectivity index (χ3v) is 2.33. The van der Waals surface area contributed by atoms with E-state index in [0.717, 1.165) is 19.5 Å². The highest BCUT2D eigenvalue weighted by molar-refractivity contribution is 5.72. The van der Waals surface area contributed by atoms with Crippen LogP contribution in [0.5, 0.6) is 0 Å². The fourth-order valence-corrected chi connectivity index (χ4v) is 1.66. The van der Waals surface area contributed by atoms with Gasteiger partial charge in [-0.25, -0.2) is 0 Å². The smallest absolute Gasteiger partial charge is 0.192 e. The summed E-state index contributed by atoms with van der Waals surface area (Å²) in [5.74, 6) is 5.49. The molecule has 1 rings (SSSR count). The van der Waals surface area contributed by atoms with E-state index in [-0.39, 0.29) is 0 Å². The van der Waals surface area contributed by atoms with Crippen molar-refractivity contribution in [2.45, 2.75) is 32.2 Å². The van der Waals surface area contributed by atoms with E-state index in [1.54, 1.807) is 0 Å². The Balaban J connectivity index is 2.52. The molecule has 0 aromatic carbocycles. The van der Waals surface area contributed by atoms with E-state index in [1.165, 1.54) is 12.8 Å². The molecule has 1 atom stereocenters. The summed E-state index contributed by atoms with van der Waals surface area (Å²) in [6.07, 6.45) is 4.32. The molecule has 2 heteroatoms. The number of hydrogen-bond acceptors (Lipinski definition) is 2. The van der Waals surface area contributed by atoms with Gasteiger partial charge in [0.1, 0.15) is 0 Å². The summed E-state index contributed by atoms with van der Waals surface area (Å²) < 4.78 is 0. The highest BCUT2D eigenvalue weighted by atomic mass is 16.1. The third-order valence-electron chi connectivity index (χ3n) is 2.33. The predicted octanol–water partition coefficient (Wildman–Crippen LogP) is 1.06. The largest absolute Gasteiger partial charge is 0.290 e. The number of aldehydes is 1. The fraction of sp³-hybridized carbons (Fsp3) is 0.700. The van der Waals surface area contributed by atoms with Crippen molar-refractivity contribution in [2.24, 2.45) is 0 Å². The summed E-state index contributed by atoms with van der Waals surface area (Å²) >= 11 is 0. The Hall–Kier alpha value is -0.810. The number of carbonyl (C=O) groups excluding carboxylic acids is 1. The zero-order valence-corrected chi connectivity index (χ0v) is 7.55. The van der Waals surface area contributed by atoms with Crippen LogP contribution in [0, 0.1) is 11.8 Å². The minimum atomic E-state index is 0.328. The second kappa shape index (κ2) is 4.95. The summed E-state index contributed by atoms with van der Waals surface area (Å²) in [7, 11) is 0. The Labute approximate surface area is 73.9 Å². The van der Waals surface area contributed by atoms with Gasteiger partial charge < -0.3 is 0 Å². The highest BCUT2D eigenvalue weighted by Gasteiger charge is 2.18. The summed E-state index contributed by atoms with van der Waals surface area (Å²) in [5.41, 5.74) is 0. The molecule has 1 saturated heterocycles. The van der Waals surface area contributed by atoms with Crippen molar-refractivity contribution in [3.8, 4) is 11.8 Å². The molecule has 1 aliphatic heterocycles. The van der Waals surface area contributed by atoms with Crippen LogP contribution in [0.15, 0.2) is 0 Å². The Bertz CT molecular complexity index is 202. The first kappa shape index (κ1) is 9.28. The number of nitrogens with zero attached hydrogens (tertiary/aromatic N) is 1. The maximum absolute atomic E-state index is 10.1. The van der Waals surface area contributed by atoms with Gasteiger partial charge in [0.25, 0.3) is 0 Å². The zero-order chi connectivity index (χ0) is 8.81. The predicted molar refractivity (Wildman–Crippen MR) is 48.7 cm³/mol. The zero-order valence-electron chi connectivity index (χ0n) is 7.55. The summed E-state index contributed by atoms with van der Waals surface area (Å²) in [5, 5.41) is 0. The molecule has 0 saturated carbocycles. The van der Waals surface area contributed by atoms with Crippen molar-refractivity contribution in [3.63, 3.8) is 0 Å². The average Bonchev–Trinajstić information content (AvgIpc) is 2.15. The Kier molecular flexibility index (Phi) is 3.83. The van der Waals surface area contributed by atoms with Gasteiger partial charge in [0.05, 0.1) is 6.04 Å². The molecule has 1 heterocycles. The molecule has 1 unspecified atom stereocenters. The normalized spacial score (nSPS) is 24.2. The van der Waals surface area contributed by atoms with Crippen LogP contribution in [-0.4, -0.2) is 30.3 Å². The van der Waals surface area contributed by atoms with Gasteiger partial charge in [-0.05, 0) is 38.3 Å². The van der Waals surface area contributed by atoms with Crippen molar-refractivity contribution in [3.05, 3.63) is 0 Å². The number of rotatable bonds is 1. The van der Waals surface area contributed by atoms with E-state index in [4.69, 9.17) is 0 Å². The first-order valence-corrected chi connectivity index (χ1v) is 4.57. The van der Waals surface area contributed by atoms with Crippen LogP contribution in [0.25, 0.3) is 0 Å². The maximum Gasteiger partial charge on any atom is 0.192 e. The molecule has 0 N–H and O–H groups in total. The number of likely N-dealkylation sites (tertiary alicyclic amines) is 1. The molecule has 0 aliphatic carbocycles. The van der Waals surface area contributed by atoms with Gasteiger partial charge in [0.2, 0.25) is 0 Å². The van der Waals surface area contributed by atoms with Crippen molar-refractivity contribution in [2.75, 3.05) is 13.1 Å². The number of carbonyl (C=O) groups is 1. The van der Waals surface area contributed by atoms with E-state index >= 15 is 0 Å². The number of piperidine rings is 1. The van der Waals surface area contributed by atoms with E-state index in [2.05, 4.69) is 23.7 Å². The van der Waals surface area contributed by atoms with Gasteiger partial charge in [0, 0.05) is 0 Å². The topological polar surface area (TPSA) is 20.3 Å². The third kappa shape index (κ3) is 2.35. The second-order valence-electron chi connectivity index (χ2n) is 3.05.